The van der Waals surface area contributed by atoms with Crippen molar-refractivity contribution < 1.29 is 9.13 Å². The molecular weight excluding hydrogens is 407 g/mol. The normalized spacial score (nSPS) is 16.2. The van der Waals surface area contributed by atoms with Crippen LogP contribution < -0.4 is 9.64 Å². The second-order valence-corrected chi connectivity index (χ2v) is 8.76. The highest BCUT2D eigenvalue weighted by molar-refractivity contribution is 5.49. The topological polar surface area (TPSA) is 59.3 Å². The summed E-state index contributed by atoms with van der Waals surface area (Å²) in [5.74, 6) is 1.29. The molecule has 1 aliphatic heterocycles. The van der Waals surface area contributed by atoms with Crippen molar-refractivity contribution in [1.82, 2.24) is 25.1 Å². The van der Waals surface area contributed by atoms with E-state index in [1.807, 2.05) is 28.9 Å². The van der Waals surface area contributed by atoms with E-state index < -0.39 is 0 Å². The minimum absolute atomic E-state index is 0.237. The largest absolute Gasteiger partial charge is 0.497 e. The van der Waals surface area contributed by atoms with Crippen molar-refractivity contribution in [3.63, 3.8) is 0 Å². The smallest absolute Gasteiger partial charge is 0.173 e. The molecule has 0 aliphatic carbocycles. The number of anilines is 1. The fourth-order valence-electron chi connectivity index (χ4n) is 4.17. The van der Waals surface area contributed by atoms with Gasteiger partial charge in [0.25, 0.3) is 0 Å². The molecular formula is C24H31FN6O. The summed E-state index contributed by atoms with van der Waals surface area (Å²) < 4.78 is 22.1. The van der Waals surface area contributed by atoms with E-state index in [4.69, 9.17) is 4.74 Å². The number of halogens is 1. The molecule has 170 valence electrons. The number of piperazine rings is 1. The highest BCUT2D eigenvalue weighted by Crippen LogP contribution is 2.33. The quantitative estimate of drug-likeness (QED) is 0.558. The third kappa shape index (κ3) is 4.32. The second-order valence-electron chi connectivity index (χ2n) is 8.76. The number of hydrogen-bond donors (Lipinski definition) is 0. The van der Waals surface area contributed by atoms with Gasteiger partial charge in [0.15, 0.2) is 5.82 Å². The van der Waals surface area contributed by atoms with Crippen LogP contribution in [0, 0.1) is 5.82 Å². The van der Waals surface area contributed by atoms with Crippen LogP contribution in [0.3, 0.4) is 0 Å². The van der Waals surface area contributed by atoms with Gasteiger partial charge in [-0.05, 0) is 61.0 Å². The summed E-state index contributed by atoms with van der Waals surface area (Å²) in [7, 11) is 1.67. The van der Waals surface area contributed by atoms with Crippen LogP contribution in [-0.4, -0.2) is 58.4 Å². The molecule has 4 rings (SSSR count). The van der Waals surface area contributed by atoms with Crippen LogP contribution in [-0.2, 0) is 5.54 Å². The molecule has 2 heterocycles. The molecule has 0 N–H and O–H groups in total. The van der Waals surface area contributed by atoms with E-state index >= 15 is 0 Å². The van der Waals surface area contributed by atoms with Crippen molar-refractivity contribution in [1.29, 1.82) is 0 Å². The summed E-state index contributed by atoms with van der Waals surface area (Å²) in [6, 6.07) is 14.7. The first-order chi connectivity index (χ1) is 15.4. The zero-order valence-electron chi connectivity index (χ0n) is 19.2. The van der Waals surface area contributed by atoms with Gasteiger partial charge in [0.2, 0.25) is 0 Å². The highest BCUT2D eigenvalue weighted by atomic mass is 19.1. The maximum atomic E-state index is 15.0. The van der Waals surface area contributed by atoms with E-state index in [0.29, 0.717) is 11.4 Å². The molecule has 1 saturated heterocycles. The number of nitrogens with zero attached hydrogens (tertiary/aromatic N) is 6. The number of hydrogen-bond acceptors (Lipinski definition) is 6. The Bertz CT molecular complexity index is 1030. The molecule has 1 atom stereocenters. The maximum Gasteiger partial charge on any atom is 0.173 e. The van der Waals surface area contributed by atoms with Gasteiger partial charge < -0.3 is 9.64 Å². The molecule has 1 aliphatic rings. The Balaban J connectivity index is 1.63. The Morgan fingerprint density at radius 1 is 1.03 bits per heavy atom. The average Bonchev–Trinajstić information content (AvgIpc) is 3.31. The fraction of sp³-hybridized carbons (Fsp3) is 0.458. The van der Waals surface area contributed by atoms with E-state index in [1.54, 1.807) is 13.2 Å². The van der Waals surface area contributed by atoms with Gasteiger partial charge in [-0.2, -0.15) is 0 Å². The van der Waals surface area contributed by atoms with Crippen LogP contribution in [0.5, 0.6) is 5.75 Å². The van der Waals surface area contributed by atoms with Crippen LogP contribution in [0.25, 0.3) is 0 Å². The summed E-state index contributed by atoms with van der Waals surface area (Å²) in [6.45, 7) is 9.51. The van der Waals surface area contributed by atoms with E-state index in [0.717, 1.165) is 44.0 Å². The number of ether oxygens (including phenoxy) is 1. The summed E-state index contributed by atoms with van der Waals surface area (Å²) in [6.07, 6.45) is 0.861. The standard InChI is InChI=1S/C24H31FN6O/c1-5-24(2,3)31-23(26-27-28-31)22(20-8-6-7-9-21(20)25)30-16-14-29(15-17-30)18-10-12-19(32-4)13-11-18/h6-13,22H,5,14-17H2,1-4H3/t22-/m0/s1. The molecule has 32 heavy (non-hydrogen) atoms. The van der Waals surface area contributed by atoms with Gasteiger partial charge in [-0.15, -0.1) is 5.10 Å². The maximum absolute atomic E-state index is 15.0. The number of benzene rings is 2. The van der Waals surface area contributed by atoms with Gasteiger partial charge in [-0.25, -0.2) is 9.07 Å². The van der Waals surface area contributed by atoms with Crippen molar-refractivity contribution in [2.45, 2.75) is 38.8 Å². The van der Waals surface area contributed by atoms with Crippen LogP contribution >= 0.6 is 0 Å². The molecule has 1 aromatic heterocycles. The van der Waals surface area contributed by atoms with Crippen LogP contribution in [0.1, 0.15) is 44.6 Å². The van der Waals surface area contributed by atoms with Crippen LogP contribution in [0.2, 0.25) is 0 Å². The van der Waals surface area contributed by atoms with Gasteiger partial charge in [-0.3, -0.25) is 4.90 Å². The lowest BCUT2D eigenvalue weighted by Gasteiger charge is -2.40. The molecule has 0 saturated carbocycles. The average molecular weight is 439 g/mol. The lowest BCUT2D eigenvalue weighted by molar-refractivity contribution is 0.184. The first kappa shape index (κ1) is 22.2. The Labute approximate surface area is 188 Å². The first-order valence-corrected chi connectivity index (χ1v) is 11.1. The molecule has 0 bridgehead atoms. The van der Waals surface area contributed by atoms with Crippen molar-refractivity contribution in [2.24, 2.45) is 0 Å². The molecule has 2 aromatic carbocycles. The molecule has 1 fully saturated rings. The number of tetrazole rings is 1. The van der Waals surface area contributed by atoms with Crippen molar-refractivity contribution in [3.8, 4) is 5.75 Å². The van der Waals surface area contributed by atoms with Gasteiger partial charge in [0.05, 0.1) is 12.6 Å². The number of rotatable bonds is 7. The summed E-state index contributed by atoms with van der Waals surface area (Å²) in [5.41, 5.74) is 1.49. The molecule has 3 aromatic rings. The predicted molar refractivity (Wildman–Crippen MR) is 122 cm³/mol. The lowest BCUT2D eigenvalue weighted by Crippen LogP contribution is -2.49. The molecule has 7 nitrogen and oxygen atoms in total. The van der Waals surface area contributed by atoms with E-state index in [-0.39, 0.29) is 17.4 Å². The summed E-state index contributed by atoms with van der Waals surface area (Å²) in [4.78, 5) is 4.62. The van der Waals surface area contributed by atoms with E-state index in [2.05, 4.69) is 58.2 Å². The number of methoxy groups -OCH3 is 1. The number of aromatic nitrogens is 4. The first-order valence-electron chi connectivity index (χ1n) is 11.1. The molecule has 8 heteroatoms. The van der Waals surface area contributed by atoms with Crippen LogP contribution in [0.4, 0.5) is 10.1 Å². The zero-order valence-corrected chi connectivity index (χ0v) is 19.2. The van der Waals surface area contributed by atoms with Crippen molar-refractivity contribution >= 4 is 5.69 Å². The van der Waals surface area contributed by atoms with Gasteiger partial charge in [-0.1, -0.05) is 25.1 Å². The highest BCUT2D eigenvalue weighted by Gasteiger charge is 2.35. The Kier molecular flexibility index (Phi) is 6.41. The SMILES string of the molecule is CCC(C)(C)n1nnnc1[C@H](c1ccccc1F)N1CCN(c2ccc(OC)cc2)CC1. The Hall–Kier alpha value is -3.00. The molecule has 0 unspecified atom stereocenters. The monoisotopic (exact) mass is 438 g/mol. The van der Waals surface area contributed by atoms with Gasteiger partial charge in [0.1, 0.15) is 17.6 Å². The summed E-state index contributed by atoms with van der Waals surface area (Å²) >= 11 is 0. The zero-order chi connectivity index (χ0) is 22.7. The van der Waals surface area contributed by atoms with Crippen molar-refractivity contribution in [2.75, 3.05) is 38.2 Å². The lowest BCUT2D eigenvalue weighted by atomic mass is 9.98. The van der Waals surface area contributed by atoms with Gasteiger partial charge in [0, 0.05) is 37.4 Å². The van der Waals surface area contributed by atoms with Crippen molar-refractivity contribution in [3.05, 3.63) is 65.7 Å². The molecule has 0 radical (unpaired) electrons. The van der Waals surface area contributed by atoms with E-state index in [1.165, 1.54) is 6.07 Å². The summed E-state index contributed by atoms with van der Waals surface area (Å²) in [5, 5.41) is 12.7. The fourth-order valence-corrected chi connectivity index (χ4v) is 4.17. The van der Waals surface area contributed by atoms with E-state index in [9.17, 15) is 4.39 Å². The predicted octanol–water partition coefficient (Wildman–Crippen LogP) is 3.88. The second kappa shape index (κ2) is 9.24. The Morgan fingerprint density at radius 2 is 1.72 bits per heavy atom. The third-order valence-electron chi connectivity index (χ3n) is 6.49. The minimum Gasteiger partial charge on any atom is -0.497 e. The van der Waals surface area contributed by atoms with Crippen LogP contribution in [0.15, 0.2) is 48.5 Å². The minimum atomic E-state index is -0.352. The third-order valence-corrected chi connectivity index (χ3v) is 6.49. The van der Waals surface area contributed by atoms with Gasteiger partial charge >= 0.3 is 0 Å². The molecule has 0 amide bonds. The molecule has 0 spiro atoms. The Morgan fingerprint density at radius 3 is 2.34 bits per heavy atom.